The van der Waals surface area contributed by atoms with Crippen molar-refractivity contribution >= 4 is 65.1 Å². The number of aliphatic carboxylic acids is 1. The number of nitrogens with zero attached hydrogens (tertiary/aromatic N) is 1. The van der Waals surface area contributed by atoms with Gasteiger partial charge in [0.1, 0.15) is 47.8 Å². The van der Waals surface area contributed by atoms with Crippen molar-refractivity contribution in [1.82, 2.24) is 47.9 Å². The number of aliphatic hydroxyl groups excluding tert-OH is 2. The van der Waals surface area contributed by atoms with E-state index in [0.717, 1.165) is 0 Å². The Kier molecular flexibility index (Phi) is 25.4. The van der Waals surface area contributed by atoms with Gasteiger partial charge < -0.3 is 90.6 Å². The second-order valence-electron chi connectivity index (χ2n) is 16.5. The van der Waals surface area contributed by atoms with Crippen molar-refractivity contribution in [2.75, 3.05) is 45.9 Å². The van der Waals surface area contributed by atoms with Gasteiger partial charge in [-0.05, 0) is 53.8 Å². The van der Waals surface area contributed by atoms with Crippen LogP contribution in [0.25, 0.3) is 0 Å². The van der Waals surface area contributed by atoms with Crippen molar-refractivity contribution in [3.63, 3.8) is 0 Å². The third kappa shape index (κ3) is 22.6. The number of carbonyl (C=O) groups excluding carboxylic acids is 9. The molecule has 3 aromatic rings. The fourth-order valence-corrected chi connectivity index (χ4v) is 6.77. The van der Waals surface area contributed by atoms with Gasteiger partial charge in [-0.25, -0.2) is 4.79 Å². The SMILES string of the molecule is NCC(=O)N[C@@H](Cc1ccc(O)cc1)C(=O)NCC(=O)N[C@@H](CO)C(=O)NCC(=O)N[C@@H](Cc1ccc(O)cc1)C(=O)NCC(=O)N[C@@H](CO)C(=O)N[C@@H](CCCN=C(N)N)C(=O)N[C@@H](Cc1ccccc1)C(=O)O. The second-order valence-corrected chi connectivity index (χ2v) is 16.5. The van der Waals surface area contributed by atoms with Crippen LogP contribution in [0.3, 0.4) is 0 Å². The van der Waals surface area contributed by atoms with Crippen molar-refractivity contribution in [3.8, 4) is 11.5 Å². The lowest BCUT2D eigenvalue weighted by atomic mass is 10.0. The molecule has 3 rings (SSSR count). The molecule has 0 aliphatic rings. The van der Waals surface area contributed by atoms with E-state index in [1.54, 1.807) is 30.3 Å². The molecule has 0 bridgehead atoms. The number of guanidine groups is 1. The smallest absolute Gasteiger partial charge is 0.326 e. The molecule has 9 amide bonds. The zero-order valence-corrected chi connectivity index (χ0v) is 40.5. The number of aliphatic hydroxyl groups is 2. The van der Waals surface area contributed by atoms with Gasteiger partial charge in [0.15, 0.2) is 5.96 Å². The highest BCUT2D eigenvalue weighted by Gasteiger charge is 2.31. The monoisotopic (exact) mass is 1050 g/mol. The summed E-state index contributed by atoms with van der Waals surface area (Å²) in [6.07, 6.45) is -0.367. The minimum atomic E-state index is -1.70. The van der Waals surface area contributed by atoms with Gasteiger partial charge in [-0.1, -0.05) is 54.6 Å². The van der Waals surface area contributed by atoms with E-state index < -0.39 is 135 Å². The van der Waals surface area contributed by atoms with Gasteiger partial charge in [0, 0.05) is 25.8 Å². The highest BCUT2D eigenvalue weighted by atomic mass is 16.4. The minimum absolute atomic E-state index is 0.0265. The number of hydrogen-bond acceptors (Lipinski definition) is 16. The van der Waals surface area contributed by atoms with Crippen LogP contribution in [-0.4, -0.2) is 173 Å². The maximum atomic E-state index is 13.5. The molecular weight excluding hydrogens is 987 g/mol. The number of rotatable bonds is 31. The molecule has 0 spiro atoms. The largest absolute Gasteiger partial charge is 0.508 e. The number of phenols is 2. The molecule has 0 radical (unpaired) electrons. The first-order valence-electron chi connectivity index (χ1n) is 23.1. The highest BCUT2D eigenvalue weighted by molar-refractivity contribution is 5.97. The van der Waals surface area contributed by atoms with E-state index in [-0.39, 0.29) is 56.1 Å². The van der Waals surface area contributed by atoms with Crippen LogP contribution >= 0.6 is 0 Å². The Hall–Kier alpha value is -8.89. The Morgan fingerprint density at radius 1 is 0.467 bits per heavy atom. The number of carboxylic acids is 1. The van der Waals surface area contributed by atoms with Crippen molar-refractivity contribution in [3.05, 3.63) is 95.6 Å². The van der Waals surface area contributed by atoms with Crippen molar-refractivity contribution in [2.24, 2.45) is 22.2 Å². The average Bonchev–Trinajstić information content (AvgIpc) is 3.38. The van der Waals surface area contributed by atoms with Crippen molar-refractivity contribution < 1.29 is 73.5 Å². The third-order valence-electron chi connectivity index (χ3n) is 10.7. The predicted molar refractivity (Wildman–Crippen MR) is 265 cm³/mol. The first-order valence-corrected chi connectivity index (χ1v) is 23.1. The number of aromatic hydroxyl groups is 2. The predicted octanol–water partition coefficient (Wildman–Crippen LogP) is -6.54. The first kappa shape index (κ1) is 60.4. The van der Waals surface area contributed by atoms with Crippen LogP contribution in [0, 0.1) is 0 Å². The van der Waals surface area contributed by atoms with Gasteiger partial charge in [-0.3, -0.25) is 48.1 Å². The van der Waals surface area contributed by atoms with Crippen LogP contribution in [0.4, 0.5) is 0 Å². The van der Waals surface area contributed by atoms with Gasteiger partial charge in [0.2, 0.25) is 53.2 Å². The molecule has 0 fully saturated rings. The summed E-state index contributed by atoms with van der Waals surface area (Å²) in [5.74, 6) is -10.2. The number of benzene rings is 3. The molecule has 0 saturated heterocycles. The van der Waals surface area contributed by atoms with E-state index in [2.05, 4.69) is 52.8 Å². The maximum absolute atomic E-state index is 13.5. The lowest BCUT2D eigenvalue weighted by molar-refractivity contribution is -0.142. The Bertz CT molecular complexity index is 2460. The van der Waals surface area contributed by atoms with E-state index in [9.17, 15) is 73.5 Å². The number of phenolic OH excluding ortho intramolecular Hbond substituents is 2. The van der Waals surface area contributed by atoms with E-state index in [1.807, 2.05) is 0 Å². The van der Waals surface area contributed by atoms with Crippen LogP contribution in [0.2, 0.25) is 0 Å². The lowest BCUT2D eigenvalue weighted by Gasteiger charge is -2.24. The number of amides is 9. The number of carbonyl (C=O) groups is 10. The fraction of sp³-hybridized carbons (Fsp3) is 0.383. The van der Waals surface area contributed by atoms with Crippen LogP contribution in [0.15, 0.2) is 83.9 Å². The normalized spacial score (nSPS) is 13.1. The molecule has 75 heavy (non-hydrogen) atoms. The van der Waals surface area contributed by atoms with Crippen LogP contribution in [0.5, 0.6) is 11.5 Å². The van der Waals surface area contributed by atoms with Crippen LogP contribution < -0.4 is 65.1 Å². The molecule has 0 aliphatic carbocycles. The number of carboxylic acid groups (broad SMARTS) is 1. The van der Waals surface area contributed by atoms with Gasteiger partial charge >= 0.3 is 5.97 Å². The minimum Gasteiger partial charge on any atom is -0.508 e. The van der Waals surface area contributed by atoms with Crippen molar-refractivity contribution in [1.29, 1.82) is 0 Å². The van der Waals surface area contributed by atoms with Gasteiger partial charge in [0.05, 0.1) is 39.4 Å². The zero-order chi connectivity index (χ0) is 55.5. The highest BCUT2D eigenvalue weighted by Crippen LogP contribution is 2.13. The molecule has 0 heterocycles. The first-order chi connectivity index (χ1) is 35.7. The van der Waals surface area contributed by atoms with E-state index in [4.69, 9.17) is 17.2 Å². The molecule has 0 aliphatic heterocycles. The number of nitrogens with one attached hydrogen (secondary N) is 9. The molecule has 0 aromatic heterocycles. The van der Waals surface area contributed by atoms with Crippen LogP contribution in [0.1, 0.15) is 29.5 Å². The van der Waals surface area contributed by atoms with Crippen LogP contribution in [-0.2, 0) is 67.2 Å². The van der Waals surface area contributed by atoms with Gasteiger partial charge in [-0.15, -0.1) is 0 Å². The summed E-state index contributed by atoms with van der Waals surface area (Å²) in [7, 11) is 0. The Balaban J connectivity index is 1.61. The summed E-state index contributed by atoms with van der Waals surface area (Å²) in [6, 6.07) is 10.9. The van der Waals surface area contributed by atoms with E-state index in [0.29, 0.717) is 16.7 Å². The topological polar surface area (TPSA) is 471 Å². The summed E-state index contributed by atoms with van der Waals surface area (Å²) in [5.41, 5.74) is 17.7. The molecule has 3 aromatic carbocycles. The molecule has 20 N–H and O–H groups in total. The number of nitrogens with two attached hydrogens (primary N) is 3. The summed E-state index contributed by atoms with van der Waals surface area (Å²) in [4.78, 5) is 133. The number of hydrogen-bond donors (Lipinski definition) is 17. The molecule has 28 heteroatoms. The Morgan fingerprint density at radius 3 is 1.27 bits per heavy atom. The quantitative estimate of drug-likeness (QED) is 0.0162. The third-order valence-corrected chi connectivity index (χ3v) is 10.7. The zero-order valence-electron chi connectivity index (χ0n) is 40.5. The summed E-state index contributed by atoms with van der Waals surface area (Å²) in [5, 5.41) is 69.9. The van der Waals surface area contributed by atoms with E-state index >= 15 is 0 Å². The van der Waals surface area contributed by atoms with Gasteiger partial charge in [0.25, 0.3) is 0 Å². The molecule has 406 valence electrons. The second kappa shape index (κ2) is 31.5. The number of aliphatic imine (C=N–C) groups is 1. The molecule has 0 unspecified atom stereocenters. The molecule has 0 saturated carbocycles. The summed E-state index contributed by atoms with van der Waals surface area (Å²) in [6.45, 7) is -4.74. The lowest BCUT2D eigenvalue weighted by Crippen LogP contribution is -2.58. The Morgan fingerprint density at radius 2 is 0.840 bits per heavy atom. The maximum Gasteiger partial charge on any atom is 0.326 e. The summed E-state index contributed by atoms with van der Waals surface area (Å²) >= 11 is 0. The standard InChI is InChI=1S/C47H63N13O15/c48-20-37(65)55-32(17-27-8-12-29(63)13-9-27)41(69)52-22-39(67)57-35(24-61)43(71)54-21-38(66)56-33(18-28-10-14-30(64)15-11-28)42(70)53-23-40(68)58-36(25-62)45(73)59-31(7-4-16-51-47(49)50)44(72)60-34(46(74)75)19-26-5-2-1-3-6-26/h1-3,5-6,8-15,31-36,61-64H,4,7,16-25,48H2,(H,52,69)(H,53,70)(H,54,71)(H,55,65)(H,56,66)(H,57,67)(H,58,68)(H,59,73)(H,60,72)(H,74,75)(H4,49,50,51)/t31-,32-,33-,34-,35-,36-/m0/s1. The van der Waals surface area contributed by atoms with Crippen molar-refractivity contribution in [2.45, 2.75) is 68.4 Å². The molecular formula is C47H63N13O15. The van der Waals surface area contributed by atoms with Gasteiger partial charge in [-0.2, -0.15) is 0 Å². The average molecular weight is 1050 g/mol. The molecule has 28 nitrogen and oxygen atoms in total. The van der Waals surface area contributed by atoms with E-state index in [1.165, 1.54) is 48.5 Å². The molecule has 6 atom stereocenters. The summed E-state index contributed by atoms with van der Waals surface area (Å²) < 4.78 is 0. The Labute approximate surface area is 429 Å². The fourth-order valence-electron chi connectivity index (χ4n) is 6.77.